The molecule has 2 aromatic carbocycles. The number of allylic oxidation sites excluding steroid dienone is 1. The molecule has 2 N–H and O–H groups in total. The monoisotopic (exact) mass is 540 g/mol. The maximum Gasteiger partial charge on any atom is 0.412 e. The minimum Gasteiger partial charge on any atom is -0.444 e. The number of alkyl carbamates (subject to hydrolysis) is 1. The SMILES string of the molecule is C=C(/C(=C\C=O)CNC(=O)OC(C)(C)C)c1cc(NC(=O)OC(C)(C)C)ccc1C(=O)c1ccc(Cl)cc1. The van der Waals surface area contributed by atoms with Crippen LogP contribution >= 0.6 is 11.6 Å². The van der Waals surface area contributed by atoms with Gasteiger partial charge in [0.25, 0.3) is 0 Å². The Morgan fingerprint density at radius 3 is 2.03 bits per heavy atom. The number of carbonyl (C=O) groups excluding carboxylic acids is 4. The maximum atomic E-state index is 13.4. The number of nitrogens with one attached hydrogen (secondary N) is 2. The second kappa shape index (κ2) is 12.6. The lowest BCUT2D eigenvalue weighted by Gasteiger charge is -2.21. The van der Waals surface area contributed by atoms with Gasteiger partial charge in [0.05, 0.1) is 0 Å². The molecule has 0 aliphatic heterocycles. The molecule has 2 amide bonds. The van der Waals surface area contributed by atoms with Crippen LogP contribution in [0.15, 0.2) is 60.7 Å². The van der Waals surface area contributed by atoms with Crippen molar-refractivity contribution in [1.29, 1.82) is 0 Å². The van der Waals surface area contributed by atoms with Gasteiger partial charge in [-0.3, -0.25) is 14.9 Å². The van der Waals surface area contributed by atoms with Crippen LogP contribution in [0.1, 0.15) is 63.0 Å². The van der Waals surface area contributed by atoms with Gasteiger partial charge >= 0.3 is 12.2 Å². The summed E-state index contributed by atoms with van der Waals surface area (Å²) in [7, 11) is 0. The number of amides is 2. The maximum absolute atomic E-state index is 13.4. The summed E-state index contributed by atoms with van der Waals surface area (Å²) < 4.78 is 10.6. The van der Waals surface area contributed by atoms with E-state index >= 15 is 0 Å². The zero-order chi connectivity index (χ0) is 28.7. The Morgan fingerprint density at radius 1 is 0.895 bits per heavy atom. The van der Waals surface area contributed by atoms with Gasteiger partial charge < -0.3 is 14.8 Å². The summed E-state index contributed by atoms with van der Waals surface area (Å²) >= 11 is 5.97. The Hall–Kier alpha value is -3.91. The summed E-state index contributed by atoms with van der Waals surface area (Å²) in [6.45, 7) is 14.4. The molecule has 0 unspecified atom stereocenters. The predicted octanol–water partition coefficient (Wildman–Crippen LogP) is 6.58. The van der Waals surface area contributed by atoms with Crippen LogP contribution in [0.25, 0.3) is 5.57 Å². The number of anilines is 1. The van der Waals surface area contributed by atoms with Crippen molar-refractivity contribution in [2.45, 2.75) is 52.7 Å². The Balaban J connectivity index is 2.48. The Bertz CT molecular complexity index is 1250. The van der Waals surface area contributed by atoms with Gasteiger partial charge in [0.1, 0.15) is 17.5 Å². The van der Waals surface area contributed by atoms with E-state index in [2.05, 4.69) is 17.2 Å². The van der Waals surface area contributed by atoms with Crippen molar-refractivity contribution in [1.82, 2.24) is 5.32 Å². The molecule has 0 radical (unpaired) electrons. The number of aldehydes is 1. The van der Waals surface area contributed by atoms with Crippen LogP contribution in [0.3, 0.4) is 0 Å². The van der Waals surface area contributed by atoms with Crippen molar-refractivity contribution in [3.8, 4) is 0 Å². The number of ketones is 1. The van der Waals surface area contributed by atoms with Gasteiger partial charge in [-0.2, -0.15) is 0 Å². The highest BCUT2D eigenvalue weighted by Crippen LogP contribution is 2.30. The molecular weight excluding hydrogens is 508 g/mol. The van der Waals surface area contributed by atoms with Crippen LogP contribution in [0.4, 0.5) is 15.3 Å². The summed E-state index contributed by atoms with van der Waals surface area (Å²) in [5.41, 5.74) is 0.532. The molecule has 0 spiro atoms. The van der Waals surface area contributed by atoms with Crippen molar-refractivity contribution in [3.05, 3.63) is 82.4 Å². The van der Waals surface area contributed by atoms with Crippen molar-refractivity contribution in [2.75, 3.05) is 11.9 Å². The molecule has 0 saturated heterocycles. The lowest BCUT2D eigenvalue weighted by molar-refractivity contribution is -0.104. The third-order valence-corrected chi connectivity index (χ3v) is 5.07. The highest BCUT2D eigenvalue weighted by atomic mass is 35.5. The van der Waals surface area contributed by atoms with E-state index in [1.807, 2.05) is 0 Å². The molecule has 0 bridgehead atoms. The molecule has 2 aromatic rings. The van der Waals surface area contributed by atoms with Crippen molar-refractivity contribution in [2.24, 2.45) is 0 Å². The number of rotatable bonds is 8. The molecular formula is C29H33ClN2O6. The van der Waals surface area contributed by atoms with Crippen LogP contribution < -0.4 is 10.6 Å². The molecule has 0 saturated carbocycles. The van der Waals surface area contributed by atoms with Gasteiger partial charge in [-0.1, -0.05) is 18.2 Å². The molecule has 9 heteroatoms. The topological polar surface area (TPSA) is 111 Å². The molecule has 38 heavy (non-hydrogen) atoms. The minimum atomic E-state index is -0.714. The first-order valence-electron chi connectivity index (χ1n) is 11.8. The molecule has 0 fully saturated rings. The third-order valence-electron chi connectivity index (χ3n) is 4.82. The van der Waals surface area contributed by atoms with E-state index < -0.39 is 23.4 Å². The zero-order valence-corrected chi connectivity index (χ0v) is 23.2. The van der Waals surface area contributed by atoms with E-state index in [0.29, 0.717) is 39.3 Å². The lowest BCUT2D eigenvalue weighted by atomic mass is 9.90. The van der Waals surface area contributed by atoms with Gasteiger partial charge in [-0.15, -0.1) is 0 Å². The molecule has 8 nitrogen and oxygen atoms in total. The van der Waals surface area contributed by atoms with Crippen LogP contribution in [0.2, 0.25) is 5.02 Å². The Kier molecular flexibility index (Phi) is 10.0. The van der Waals surface area contributed by atoms with Crippen LogP contribution in [-0.4, -0.2) is 42.0 Å². The zero-order valence-electron chi connectivity index (χ0n) is 22.4. The quantitative estimate of drug-likeness (QED) is 0.169. The third kappa shape index (κ3) is 9.52. The van der Waals surface area contributed by atoms with Crippen molar-refractivity contribution >= 4 is 47.1 Å². The Labute approximate surface area is 228 Å². The summed E-state index contributed by atoms with van der Waals surface area (Å²) in [5.74, 6) is -0.327. The smallest absolute Gasteiger partial charge is 0.412 e. The van der Waals surface area contributed by atoms with E-state index in [1.165, 1.54) is 6.08 Å². The van der Waals surface area contributed by atoms with Gasteiger partial charge in [0, 0.05) is 28.4 Å². The highest BCUT2D eigenvalue weighted by Gasteiger charge is 2.22. The molecule has 0 aliphatic rings. The second-order valence-electron chi connectivity index (χ2n) is 10.4. The molecule has 0 aromatic heterocycles. The summed E-state index contributed by atoms with van der Waals surface area (Å²) in [6.07, 6.45) is 0.436. The van der Waals surface area contributed by atoms with E-state index in [9.17, 15) is 19.2 Å². The van der Waals surface area contributed by atoms with Crippen LogP contribution in [-0.2, 0) is 14.3 Å². The van der Waals surface area contributed by atoms with Gasteiger partial charge in [-0.05, 0) is 107 Å². The number of halogens is 1. The van der Waals surface area contributed by atoms with Gasteiger partial charge in [0.15, 0.2) is 5.78 Å². The van der Waals surface area contributed by atoms with Crippen LogP contribution in [0, 0.1) is 0 Å². The van der Waals surface area contributed by atoms with Crippen molar-refractivity contribution in [3.63, 3.8) is 0 Å². The fourth-order valence-corrected chi connectivity index (χ4v) is 3.38. The predicted molar refractivity (Wildman–Crippen MR) is 149 cm³/mol. The average molecular weight is 541 g/mol. The number of hydrogen-bond donors (Lipinski definition) is 2. The molecule has 0 heterocycles. The fourth-order valence-electron chi connectivity index (χ4n) is 3.25. The highest BCUT2D eigenvalue weighted by molar-refractivity contribution is 6.30. The minimum absolute atomic E-state index is 0.0925. The summed E-state index contributed by atoms with van der Waals surface area (Å²) in [4.78, 5) is 49.4. The second-order valence-corrected chi connectivity index (χ2v) is 10.8. The molecule has 0 atom stereocenters. The van der Waals surface area contributed by atoms with E-state index in [1.54, 1.807) is 84.0 Å². The first kappa shape index (κ1) is 30.3. The summed E-state index contributed by atoms with van der Waals surface area (Å²) in [5, 5.41) is 5.72. The summed E-state index contributed by atoms with van der Waals surface area (Å²) in [6, 6.07) is 11.1. The average Bonchev–Trinajstić information content (AvgIpc) is 2.79. The normalized spacial score (nSPS) is 11.8. The first-order chi connectivity index (χ1) is 17.6. The van der Waals surface area contributed by atoms with Gasteiger partial charge in [-0.25, -0.2) is 9.59 Å². The fraction of sp³-hybridized carbons (Fsp3) is 0.310. The van der Waals surface area contributed by atoms with E-state index in [-0.39, 0.29) is 17.9 Å². The van der Waals surface area contributed by atoms with E-state index in [4.69, 9.17) is 21.1 Å². The molecule has 2 rings (SSSR count). The molecule has 202 valence electrons. The Morgan fingerprint density at radius 2 is 1.47 bits per heavy atom. The number of hydrogen-bond acceptors (Lipinski definition) is 6. The van der Waals surface area contributed by atoms with Gasteiger partial charge in [0.2, 0.25) is 0 Å². The van der Waals surface area contributed by atoms with Crippen LogP contribution in [0.5, 0.6) is 0 Å². The first-order valence-corrected chi connectivity index (χ1v) is 12.2. The number of ether oxygens (including phenoxy) is 2. The standard InChI is InChI=1S/C29H33ClN2O6/c1-18(20(14-15-33)17-31-26(35)37-28(2,3)4)24-16-22(32-27(36)38-29(5,6)7)12-13-23(24)25(34)19-8-10-21(30)11-9-19/h8-16H,1,17H2,2-7H3,(H,31,35)(H,32,36)/b20-14-. The van der Waals surface area contributed by atoms with Crippen molar-refractivity contribution < 1.29 is 28.7 Å². The largest absolute Gasteiger partial charge is 0.444 e. The number of benzene rings is 2. The lowest BCUT2D eigenvalue weighted by Crippen LogP contribution is -2.33. The number of carbonyl (C=O) groups is 4. The molecule has 0 aliphatic carbocycles. The van der Waals surface area contributed by atoms with E-state index in [0.717, 1.165) is 0 Å².